The van der Waals surface area contributed by atoms with E-state index in [2.05, 4.69) is 41.5 Å². The number of ether oxygens (including phenoxy) is 1. The summed E-state index contributed by atoms with van der Waals surface area (Å²) in [5, 5.41) is 12.0. The number of anilines is 1. The maximum absolute atomic E-state index is 12.5. The normalized spacial score (nSPS) is 11.1. The molecule has 0 saturated heterocycles. The lowest BCUT2D eigenvalue weighted by atomic mass is 10.0. The third kappa shape index (κ3) is 4.17. The predicted octanol–water partition coefficient (Wildman–Crippen LogP) is 5.19. The van der Waals surface area contributed by atoms with Crippen molar-refractivity contribution in [2.45, 2.75) is 26.7 Å². The average molecular weight is 400 g/mol. The summed E-state index contributed by atoms with van der Waals surface area (Å²) in [6.07, 6.45) is 0. The lowest BCUT2D eigenvalue weighted by molar-refractivity contribution is 0.102. The Labute approximate surface area is 175 Å². The minimum absolute atomic E-state index is 0.186. The first-order chi connectivity index (χ1) is 14.5. The first-order valence-electron chi connectivity index (χ1n) is 10.0. The van der Waals surface area contributed by atoms with E-state index in [1.807, 2.05) is 37.3 Å². The molecule has 1 amide bonds. The summed E-state index contributed by atoms with van der Waals surface area (Å²) in [5.74, 6) is 1.04. The molecular formula is C24H24N4O2. The van der Waals surface area contributed by atoms with Crippen molar-refractivity contribution in [1.82, 2.24) is 15.0 Å². The smallest absolute Gasteiger partial charge is 0.255 e. The van der Waals surface area contributed by atoms with Crippen molar-refractivity contribution >= 4 is 22.6 Å². The van der Waals surface area contributed by atoms with Crippen molar-refractivity contribution in [3.63, 3.8) is 0 Å². The average Bonchev–Trinajstić information content (AvgIpc) is 3.18. The van der Waals surface area contributed by atoms with Gasteiger partial charge in [0.15, 0.2) is 0 Å². The van der Waals surface area contributed by atoms with Gasteiger partial charge < -0.3 is 10.1 Å². The Balaban J connectivity index is 1.52. The second-order valence-corrected chi connectivity index (χ2v) is 7.35. The number of aromatic nitrogens is 3. The number of hydrogen-bond donors (Lipinski definition) is 1. The molecule has 3 aromatic carbocycles. The van der Waals surface area contributed by atoms with Crippen LogP contribution in [0.5, 0.6) is 5.75 Å². The van der Waals surface area contributed by atoms with Crippen molar-refractivity contribution in [2.75, 3.05) is 11.9 Å². The second-order valence-electron chi connectivity index (χ2n) is 7.35. The first kappa shape index (κ1) is 19.6. The molecular weight excluding hydrogens is 376 g/mol. The van der Waals surface area contributed by atoms with Crippen LogP contribution >= 0.6 is 0 Å². The van der Waals surface area contributed by atoms with Gasteiger partial charge in [-0.15, -0.1) is 10.2 Å². The van der Waals surface area contributed by atoms with Crippen LogP contribution in [0.2, 0.25) is 0 Å². The highest BCUT2D eigenvalue weighted by molar-refractivity contribution is 6.05. The largest absolute Gasteiger partial charge is 0.494 e. The molecule has 1 N–H and O–H groups in total. The van der Waals surface area contributed by atoms with Crippen molar-refractivity contribution in [1.29, 1.82) is 0 Å². The lowest BCUT2D eigenvalue weighted by Gasteiger charge is -2.06. The molecule has 0 spiro atoms. The zero-order valence-corrected chi connectivity index (χ0v) is 17.3. The number of nitrogens with one attached hydrogen (secondary N) is 1. The molecule has 1 heterocycles. The Kier molecular flexibility index (Phi) is 5.48. The molecule has 6 heteroatoms. The minimum Gasteiger partial charge on any atom is -0.494 e. The summed E-state index contributed by atoms with van der Waals surface area (Å²) in [6.45, 7) is 6.85. The van der Waals surface area contributed by atoms with Crippen molar-refractivity contribution in [2.24, 2.45) is 0 Å². The Morgan fingerprint density at radius 3 is 2.33 bits per heavy atom. The van der Waals surface area contributed by atoms with E-state index in [1.54, 1.807) is 29.1 Å². The van der Waals surface area contributed by atoms with Crippen LogP contribution in [0.15, 0.2) is 66.7 Å². The van der Waals surface area contributed by atoms with E-state index in [-0.39, 0.29) is 5.91 Å². The van der Waals surface area contributed by atoms with Crippen LogP contribution in [0.25, 0.3) is 16.7 Å². The van der Waals surface area contributed by atoms with Crippen LogP contribution in [0.1, 0.15) is 42.6 Å². The molecule has 1 aromatic heterocycles. The molecule has 0 aliphatic carbocycles. The number of carbonyl (C=O) groups excluding carboxylic acids is 1. The van der Waals surface area contributed by atoms with E-state index >= 15 is 0 Å². The summed E-state index contributed by atoms with van der Waals surface area (Å²) in [6, 6.07) is 20.8. The second kappa shape index (κ2) is 8.37. The molecule has 4 aromatic rings. The molecule has 0 atom stereocenters. The monoisotopic (exact) mass is 400 g/mol. The van der Waals surface area contributed by atoms with E-state index < -0.39 is 0 Å². The fraction of sp³-hybridized carbons (Fsp3) is 0.208. The van der Waals surface area contributed by atoms with Gasteiger partial charge in [0, 0.05) is 11.3 Å². The van der Waals surface area contributed by atoms with Gasteiger partial charge in [-0.25, -0.2) is 0 Å². The van der Waals surface area contributed by atoms with Gasteiger partial charge in [0.25, 0.3) is 5.91 Å². The standard InChI is InChI=1S/C24H24N4O2/c1-4-30-21-12-7-18(8-13-21)24(29)25-19-9-14-22-23(15-19)27-28(26-22)20-10-5-17(6-11-20)16(2)3/h5-16H,4H2,1-3H3,(H,25,29). The number of hydrogen-bond acceptors (Lipinski definition) is 4. The van der Waals surface area contributed by atoms with Crippen LogP contribution in [-0.2, 0) is 0 Å². The van der Waals surface area contributed by atoms with Crippen LogP contribution in [0.3, 0.4) is 0 Å². The van der Waals surface area contributed by atoms with E-state index in [1.165, 1.54) is 5.56 Å². The highest BCUT2D eigenvalue weighted by Crippen LogP contribution is 2.20. The maximum Gasteiger partial charge on any atom is 0.255 e. The molecule has 0 aliphatic heterocycles. The molecule has 0 radical (unpaired) electrons. The number of nitrogens with zero attached hydrogens (tertiary/aromatic N) is 3. The van der Waals surface area contributed by atoms with Gasteiger partial charge >= 0.3 is 0 Å². The van der Waals surface area contributed by atoms with Gasteiger partial charge in [0.05, 0.1) is 12.3 Å². The van der Waals surface area contributed by atoms with Gasteiger partial charge in [-0.2, -0.15) is 4.80 Å². The van der Waals surface area contributed by atoms with E-state index in [0.717, 1.165) is 17.0 Å². The molecule has 30 heavy (non-hydrogen) atoms. The highest BCUT2D eigenvalue weighted by Gasteiger charge is 2.10. The van der Waals surface area contributed by atoms with Crippen molar-refractivity contribution in [3.8, 4) is 11.4 Å². The van der Waals surface area contributed by atoms with Crippen LogP contribution in [-0.4, -0.2) is 27.5 Å². The third-order valence-corrected chi connectivity index (χ3v) is 4.86. The fourth-order valence-corrected chi connectivity index (χ4v) is 3.17. The zero-order chi connectivity index (χ0) is 21.1. The van der Waals surface area contributed by atoms with Gasteiger partial charge in [0.2, 0.25) is 0 Å². The Hall–Kier alpha value is -3.67. The molecule has 0 saturated carbocycles. The Morgan fingerprint density at radius 2 is 1.67 bits per heavy atom. The summed E-state index contributed by atoms with van der Waals surface area (Å²) in [5.41, 5.74) is 4.88. The number of carbonyl (C=O) groups is 1. The van der Waals surface area contributed by atoms with E-state index in [4.69, 9.17) is 4.74 Å². The fourth-order valence-electron chi connectivity index (χ4n) is 3.17. The number of fused-ring (bicyclic) bond motifs is 1. The first-order valence-corrected chi connectivity index (χ1v) is 10.0. The third-order valence-electron chi connectivity index (χ3n) is 4.86. The lowest BCUT2D eigenvalue weighted by Crippen LogP contribution is -2.11. The summed E-state index contributed by atoms with van der Waals surface area (Å²) in [4.78, 5) is 14.2. The summed E-state index contributed by atoms with van der Waals surface area (Å²) >= 11 is 0. The number of rotatable bonds is 6. The van der Waals surface area contributed by atoms with Crippen LogP contribution in [0, 0.1) is 0 Å². The SMILES string of the molecule is CCOc1ccc(C(=O)Nc2ccc3nn(-c4ccc(C(C)C)cc4)nc3c2)cc1. The zero-order valence-electron chi connectivity index (χ0n) is 17.3. The van der Waals surface area contributed by atoms with Crippen molar-refractivity contribution < 1.29 is 9.53 Å². The predicted molar refractivity (Wildman–Crippen MR) is 119 cm³/mol. The van der Waals surface area contributed by atoms with Gasteiger partial charge in [-0.3, -0.25) is 4.79 Å². The van der Waals surface area contributed by atoms with Gasteiger partial charge in [-0.1, -0.05) is 26.0 Å². The summed E-state index contributed by atoms with van der Waals surface area (Å²) < 4.78 is 5.41. The molecule has 4 rings (SSSR count). The molecule has 0 unspecified atom stereocenters. The van der Waals surface area contributed by atoms with Gasteiger partial charge in [-0.05, 0) is 73.0 Å². The number of amides is 1. The Bertz CT molecular complexity index is 1160. The molecule has 0 bridgehead atoms. The van der Waals surface area contributed by atoms with Crippen LogP contribution < -0.4 is 10.1 Å². The maximum atomic E-state index is 12.5. The van der Waals surface area contributed by atoms with Gasteiger partial charge in [0.1, 0.15) is 16.8 Å². The Morgan fingerprint density at radius 1 is 0.967 bits per heavy atom. The highest BCUT2D eigenvalue weighted by atomic mass is 16.5. The minimum atomic E-state index is -0.186. The summed E-state index contributed by atoms with van der Waals surface area (Å²) in [7, 11) is 0. The molecule has 0 fully saturated rings. The van der Waals surface area contributed by atoms with Crippen molar-refractivity contribution in [3.05, 3.63) is 77.9 Å². The van der Waals surface area contributed by atoms with Crippen LogP contribution in [0.4, 0.5) is 5.69 Å². The van der Waals surface area contributed by atoms with E-state index in [9.17, 15) is 4.79 Å². The molecule has 6 nitrogen and oxygen atoms in total. The number of benzene rings is 3. The topological polar surface area (TPSA) is 69.0 Å². The quantitative estimate of drug-likeness (QED) is 0.483. The molecule has 152 valence electrons. The molecule has 0 aliphatic rings. The van der Waals surface area contributed by atoms with E-state index in [0.29, 0.717) is 29.3 Å².